The maximum atomic E-state index is 13.2. The smallest absolute Gasteiger partial charge is 0.223 e. The third-order valence-corrected chi connectivity index (χ3v) is 2.53. The van der Waals surface area contributed by atoms with Gasteiger partial charge in [0.15, 0.2) is 0 Å². The van der Waals surface area contributed by atoms with Crippen molar-refractivity contribution in [2.24, 2.45) is 0 Å². The fraction of sp³-hybridized carbons (Fsp3) is 0.231. The number of nitrogens with two attached hydrogens (primary N) is 1. The van der Waals surface area contributed by atoms with E-state index < -0.39 is 0 Å². The van der Waals surface area contributed by atoms with E-state index in [-0.39, 0.29) is 11.8 Å². The number of benzene rings is 1. The average Bonchev–Trinajstić information content (AvgIpc) is 2.33. The number of aromatic nitrogens is 2. The Labute approximate surface area is 111 Å². The number of nitrogens with one attached hydrogen (secondary N) is 2. The molecule has 1 heterocycles. The number of rotatable bonds is 4. The topological polar surface area (TPSA) is 75.9 Å². The minimum absolute atomic E-state index is 0.180. The summed E-state index contributed by atoms with van der Waals surface area (Å²) in [4.78, 5) is 8.14. The molecule has 0 atom stereocenters. The summed E-state index contributed by atoms with van der Waals surface area (Å²) in [6.07, 6.45) is 0. The van der Waals surface area contributed by atoms with Crippen molar-refractivity contribution in [1.29, 1.82) is 0 Å². The highest BCUT2D eigenvalue weighted by atomic mass is 19.1. The van der Waals surface area contributed by atoms with Crippen LogP contribution in [0.3, 0.4) is 0 Å². The maximum absolute atomic E-state index is 13.2. The molecule has 100 valence electrons. The zero-order valence-electron chi connectivity index (χ0n) is 10.9. The van der Waals surface area contributed by atoms with Crippen molar-refractivity contribution in [3.63, 3.8) is 0 Å². The molecule has 0 amide bonds. The normalized spacial score (nSPS) is 10.3. The summed E-state index contributed by atoms with van der Waals surface area (Å²) in [6, 6.07) is 6.51. The summed E-state index contributed by atoms with van der Waals surface area (Å²) in [5.41, 5.74) is 6.95. The molecule has 1 aromatic carbocycles. The largest absolute Gasteiger partial charge is 0.370 e. The van der Waals surface area contributed by atoms with E-state index in [1.807, 2.05) is 6.92 Å². The van der Waals surface area contributed by atoms with Gasteiger partial charge in [-0.3, -0.25) is 0 Å². The Bertz CT molecular complexity index is 585. The minimum atomic E-state index is -0.235. The van der Waals surface area contributed by atoms with Crippen molar-refractivity contribution < 1.29 is 4.39 Å². The van der Waals surface area contributed by atoms with E-state index in [1.54, 1.807) is 25.1 Å². The van der Waals surface area contributed by atoms with E-state index in [2.05, 4.69) is 20.6 Å². The van der Waals surface area contributed by atoms with Crippen molar-refractivity contribution in [2.45, 2.75) is 13.8 Å². The van der Waals surface area contributed by atoms with E-state index in [4.69, 9.17) is 5.73 Å². The Morgan fingerprint density at radius 2 is 1.95 bits per heavy atom. The van der Waals surface area contributed by atoms with Gasteiger partial charge in [-0.15, -0.1) is 0 Å². The zero-order valence-corrected chi connectivity index (χ0v) is 10.9. The number of hydrogen-bond acceptors (Lipinski definition) is 5. The van der Waals surface area contributed by atoms with Gasteiger partial charge in [-0.2, -0.15) is 9.97 Å². The monoisotopic (exact) mass is 261 g/mol. The molecule has 4 N–H and O–H groups in total. The first kappa shape index (κ1) is 13.1. The number of aryl methyl sites for hydroxylation is 1. The Morgan fingerprint density at radius 3 is 2.63 bits per heavy atom. The quantitative estimate of drug-likeness (QED) is 0.789. The fourth-order valence-corrected chi connectivity index (χ4v) is 1.67. The van der Waals surface area contributed by atoms with Crippen molar-refractivity contribution in [3.8, 4) is 0 Å². The lowest BCUT2D eigenvalue weighted by Crippen LogP contribution is -2.05. The molecule has 0 spiro atoms. The third-order valence-electron chi connectivity index (χ3n) is 2.53. The summed E-state index contributed by atoms with van der Waals surface area (Å²) < 4.78 is 13.2. The molecule has 6 heteroatoms. The highest BCUT2D eigenvalue weighted by molar-refractivity contribution is 5.61. The summed E-state index contributed by atoms with van der Waals surface area (Å²) in [5.74, 6) is 1.16. The molecule has 1 aromatic heterocycles. The number of anilines is 4. The van der Waals surface area contributed by atoms with E-state index in [1.165, 1.54) is 6.07 Å². The third kappa shape index (κ3) is 3.31. The molecule has 2 rings (SSSR count). The maximum Gasteiger partial charge on any atom is 0.223 e. The number of halogens is 1. The van der Waals surface area contributed by atoms with Crippen LogP contribution in [-0.4, -0.2) is 16.5 Å². The van der Waals surface area contributed by atoms with Gasteiger partial charge in [0.25, 0.3) is 0 Å². The molecule has 19 heavy (non-hydrogen) atoms. The van der Waals surface area contributed by atoms with Crippen LogP contribution in [0, 0.1) is 12.7 Å². The number of hydrogen-bond donors (Lipinski definition) is 3. The lowest BCUT2D eigenvalue weighted by Gasteiger charge is -2.09. The van der Waals surface area contributed by atoms with Crippen LogP contribution in [-0.2, 0) is 0 Å². The molecule has 2 aromatic rings. The number of nitrogens with zero attached hydrogens (tertiary/aromatic N) is 2. The van der Waals surface area contributed by atoms with Crippen LogP contribution in [0.1, 0.15) is 12.5 Å². The van der Waals surface area contributed by atoms with Crippen LogP contribution < -0.4 is 16.4 Å². The van der Waals surface area contributed by atoms with Crippen LogP contribution >= 0.6 is 0 Å². The second kappa shape index (κ2) is 5.51. The molecule has 0 fully saturated rings. The SMILES string of the molecule is CCNc1cc(Nc2ccc(F)c(C)c2)nc(N)n1. The first-order chi connectivity index (χ1) is 9.08. The molecule has 0 aliphatic carbocycles. The van der Waals surface area contributed by atoms with Crippen molar-refractivity contribution >= 4 is 23.3 Å². The van der Waals surface area contributed by atoms with E-state index in [0.29, 0.717) is 17.2 Å². The van der Waals surface area contributed by atoms with Gasteiger partial charge < -0.3 is 16.4 Å². The van der Waals surface area contributed by atoms with E-state index in [0.717, 1.165) is 12.2 Å². The summed E-state index contributed by atoms with van der Waals surface area (Å²) >= 11 is 0. The summed E-state index contributed by atoms with van der Waals surface area (Å²) in [6.45, 7) is 4.42. The predicted octanol–water partition coefficient (Wildman–Crippen LogP) is 2.68. The van der Waals surface area contributed by atoms with Crippen molar-refractivity contribution in [3.05, 3.63) is 35.6 Å². The lowest BCUT2D eigenvalue weighted by molar-refractivity contribution is 0.619. The van der Waals surface area contributed by atoms with Crippen LogP contribution in [0.4, 0.5) is 27.7 Å². The Balaban J connectivity index is 2.24. The van der Waals surface area contributed by atoms with Crippen LogP contribution in [0.15, 0.2) is 24.3 Å². The molecule has 5 nitrogen and oxygen atoms in total. The van der Waals surface area contributed by atoms with Crippen LogP contribution in [0.2, 0.25) is 0 Å². The van der Waals surface area contributed by atoms with Crippen molar-refractivity contribution in [2.75, 3.05) is 22.9 Å². The molecule has 0 bridgehead atoms. The zero-order chi connectivity index (χ0) is 13.8. The molecular formula is C13H16FN5. The molecule has 0 saturated carbocycles. The van der Waals surface area contributed by atoms with Gasteiger partial charge in [-0.05, 0) is 37.6 Å². The number of nitrogen functional groups attached to an aromatic ring is 1. The second-order valence-electron chi connectivity index (χ2n) is 4.12. The standard InChI is InChI=1S/C13H16FN5/c1-3-16-11-7-12(19-13(15)18-11)17-9-4-5-10(14)8(2)6-9/h4-7H,3H2,1-2H3,(H4,15,16,17,18,19). The minimum Gasteiger partial charge on any atom is -0.370 e. The lowest BCUT2D eigenvalue weighted by atomic mass is 10.2. The van der Waals surface area contributed by atoms with E-state index >= 15 is 0 Å². The Kier molecular flexibility index (Phi) is 3.79. The second-order valence-corrected chi connectivity index (χ2v) is 4.12. The Morgan fingerprint density at radius 1 is 1.21 bits per heavy atom. The molecule has 0 unspecified atom stereocenters. The summed E-state index contributed by atoms with van der Waals surface area (Å²) in [5, 5.41) is 6.14. The van der Waals surface area contributed by atoms with Gasteiger partial charge in [0, 0.05) is 18.3 Å². The fourth-order valence-electron chi connectivity index (χ4n) is 1.67. The van der Waals surface area contributed by atoms with Gasteiger partial charge in [0.05, 0.1) is 0 Å². The van der Waals surface area contributed by atoms with Crippen molar-refractivity contribution in [1.82, 2.24) is 9.97 Å². The molecule has 0 aliphatic rings. The average molecular weight is 261 g/mol. The highest BCUT2D eigenvalue weighted by Crippen LogP contribution is 2.20. The summed E-state index contributed by atoms with van der Waals surface area (Å²) in [7, 11) is 0. The molecular weight excluding hydrogens is 245 g/mol. The first-order valence-electron chi connectivity index (χ1n) is 6.00. The van der Waals surface area contributed by atoms with Gasteiger partial charge in [0.1, 0.15) is 17.5 Å². The highest BCUT2D eigenvalue weighted by Gasteiger charge is 2.04. The van der Waals surface area contributed by atoms with Gasteiger partial charge in [-0.1, -0.05) is 0 Å². The first-order valence-corrected chi connectivity index (χ1v) is 6.00. The molecule has 0 aliphatic heterocycles. The Hall–Kier alpha value is -2.37. The molecule has 0 saturated heterocycles. The van der Waals surface area contributed by atoms with Crippen LogP contribution in [0.25, 0.3) is 0 Å². The van der Waals surface area contributed by atoms with Gasteiger partial charge in [-0.25, -0.2) is 4.39 Å². The van der Waals surface area contributed by atoms with Crippen LogP contribution in [0.5, 0.6) is 0 Å². The van der Waals surface area contributed by atoms with Gasteiger partial charge in [0.2, 0.25) is 5.95 Å². The van der Waals surface area contributed by atoms with Gasteiger partial charge >= 0.3 is 0 Å². The molecule has 0 radical (unpaired) electrons. The predicted molar refractivity (Wildman–Crippen MR) is 75.0 cm³/mol. The van der Waals surface area contributed by atoms with E-state index in [9.17, 15) is 4.39 Å².